The number of fused-ring (bicyclic) bond motifs is 1. The summed E-state index contributed by atoms with van der Waals surface area (Å²) in [4.78, 5) is 4.45. The van der Waals surface area contributed by atoms with Crippen molar-refractivity contribution in [3.63, 3.8) is 0 Å². The number of rotatable bonds is 4. The van der Waals surface area contributed by atoms with Gasteiger partial charge in [0.2, 0.25) is 5.95 Å². The second kappa shape index (κ2) is 5.52. The van der Waals surface area contributed by atoms with E-state index in [1.54, 1.807) is 12.1 Å². The summed E-state index contributed by atoms with van der Waals surface area (Å²) in [7, 11) is 0. The van der Waals surface area contributed by atoms with Crippen molar-refractivity contribution in [2.24, 2.45) is 0 Å². The number of nitrogens with zero attached hydrogens (tertiary/aromatic N) is 3. The van der Waals surface area contributed by atoms with Crippen molar-refractivity contribution in [1.29, 1.82) is 0 Å². The Hall–Kier alpha value is -2.43. The first kappa shape index (κ1) is 13.5. The zero-order chi connectivity index (χ0) is 14.8. The van der Waals surface area contributed by atoms with Gasteiger partial charge in [0.25, 0.3) is 0 Å². The zero-order valence-electron chi connectivity index (χ0n) is 12.0. The molecule has 5 heteroatoms. The lowest BCUT2D eigenvalue weighted by molar-refractivity contribution is 0.626. The molecule has 0 aliphatic heterocycles. The molecule has 0 aliphatic rings. The van der Waals surface area contributed by atoms with Gasteiger partial charge in [0.1, 0.15) is 5.82 Å². The van der Waals surface area contributed by atoms with Crippen molar-refractivity contribution < 1.29 is 4.39 Å². The Kier molecular flexibility index (Phi) is 3.56. The molecule has 108 valence electrons. The van der Waals surface area contributed by atoms with E-state index in [1.165, 1.54) is 12.1 Å². The predicted octanol–water partition coefficient (Wildman–Crippen LogP) is 3.22. The first-order chi connectivity index (χ1) is 10.1. The van der Waals surface area contributed by atoms with Gasteiger partial charge < -0.3 is 5.32 Å². The summed E-state index contributed by atoms with van der Waals surface area (Å²) in [6.07, 6.45) is 0.787. The Morgan fingerprint density at radius 1 is 1.19 bits per heavy atom. The number of anilines is 1. The second-order valence-corrected chi connectivity index (χ2v) is 5.25. The summed E-state index contributed by atoms with van der Waals surface area (Å²) >= 11 is 0. The average molecular weight is 284 g/mol. The van der Waals surface area contributed by atoms with Crippen LogP contribution in [0.3, 0.4) is 0 Å². The fourth-order valence-electron chi connectivity index (χ4n) is 2.34. The van der Waals surface area contributed by atoms with Gasteiger partial charge in [0, 0.05) is 11.7 Å². The van der Waals surface area contributed by atoms with E-state index in [9.17, 15) is 4.39 Å². The molecular weight excluding hydrogens is 267 g/mol. The first-order valence-electron chi connectivity index (χ1n) is 6.95. The van der Waals surface area contributed by atoms with Gasteiger partial charge in [-0.1, -0.05) is 18.2 Å². The van der Waals surface area contributed by atoms with E-state index in [0.29, 0.717) is 5.95 Å². The quantitative estimate of drug-likeness (QED) is 0.800. The number of aryl methyl sites for hydroxylation is 1. The number of hydrogen-bond donors (Lipinski definition) is 1. The molecule has 0 saturated carbocycles. The smallest absolute Gasteiger partial charge is 0.243 e. The molecule has 2 aromatic heterocycles. The molecule has 1 aromatic carbocycles. The van der Waals surface area contributed by atoms with Gasteiger partial charge >= 0.3 is 0 Å². The number of nitrogens with one attached hydrogen (secondary N) is 1. The van der Waals surface area contributed by atoms with Crippen LogP contribution in [0.25, 0.3) is 5.65 Å². The van der Waals surface area contributed by atoms with Gasteiger partial charge in [-0.3, -0.25) is 0 Å². The maximum absolute atomic E-state index is 12.9. The normalized spacial score (nSPS) is 12.5. The van der Waals surface area contributed by atoms with Crippen LogP contribution in [0.1, 0.15) is 18.2 Å². The standard InChI is InChI=1S/C16H17FN4/c1-11(10-13-6-8-14(17)9-7-13)18-16-19-15-5-3-4-12(2)21(15)20-16/h3-9,11H,10H2,1-2H3,(H,18,20). The highest BCUT2D eigenvalue weighted by Crippen LogP contribution is 2.11. The van der Waals surface area contributed by atoms with Gasteiger partial charge in [-0.05, 0) is 50.1 Å². The number of pyridine rings is 1. The number of halogens is 1. The van der Waals surface area contributed by atoms with E-state index in [4.69, 9.17) is 0 Å². The topological polar surface area (TPSA) is 42.2 Å². The van der Waals surface area contributed by atoms with Gasteiger partial charge in [-0.2, -0.15) is 4.98 Å². The molecule has 0 spiro atoms. The summed E-state index contributed by atoms with van der Waals surface area (Å²) in [6.45, 7) is 4.05. The van der Waals surface area contributed by atoms with Crippen molar-refractivity contribution in [2.75, 3.05) is 5.32 Å². The Labute approximate surface area is 122 Å². The van der Waals surface area contributed by atoms with Crippen LogP contribution in [0.4, 0.5) is 10.3 Å². The minimum Gasteiger partial charge on any atom is -0.350 e. The molecule has 1 N–H and O–H groups in total. The molecule has 0 saturated heterocycles. The SMILES string of the molecule is Cc1cccc2nc(NC(C)Cc3ccc(F)cc3)nn12. The van der Waals surface area contributed by atoms with E-state index in [0.717, 1.165) is 23.3 Å². The average Bonchev–Trinajstić information content (AvgIpc) is 2.85. The molecular formula is C16H17FN4. The minimum absolute atomic E-state index is 0.160. The Morgan fingerprint density at radius 3 is 2.67 bits per heavy atom. The molecule has 1 unspecified atom stereocenters. The highest BCUT2D eigenvalue weighted by atomic mass is 19.1. The van der Waals surface area contributed by atoms with Crippen molar-refractivity contribution >= 4 is 11.6 Å². The molecule has 3 rings (SSSR count). The molecule has 0 aliphatic carbocycles. The number of aromatic nitrogens is 3. The molecule has 0 fully saturated rings. The lowest BCUT2D eigenvalue weighted by atomic mass is 10.1. The summed E-state index contributed by atoms with van der Waals surface area (Å²) in [6, 6.07) is 12.6. The number of benzene rings is 1. The van der Waals surface area contributed by atoms with Gasteiger partial charge in [0.15, 0.2) is 5.65 Å². The Balaban J connectivity index is 1.72. The van der Waals surface area contributed by atoms with Crippen molar-refractivity contribution in [2.45, 2.75) is 26.3 Å². The van der Waals surface area contributed by atoms with Gasteiger partial charge in [0.05, 0.1) is 0 Å². The second-order valence-electron chi connectivity index (χ2n) is 5.25. The molecule has 0 radical (unpaired) electrons. The summed E-state index contributed by atoms with van der Waals surface area (Å²) in [5, 5.41) is 7.73. The van der Waals surface area contributed by atoms with Crippen LogP contribution in [0.5, 0.6) is 0 Å². The molecule has 0 amide bonds. The summed E-state index contributed by atoms with van der Waals surface area (Å²) < 4.78 is 14.7. The van der Waals surface area contributed by atoms with Crippen LogP contribution >= 0.6 is 0 Å². The third kappa shape index (κ3) is 3.02. The Morgan fingerprint density at radius 2 is 1.95 bits per heavy atom. The molecule has 3 aromatic rings. The lowest BCUT2D eigenvalue weighted by Gasteiger charge is -2.12. The third-order valence-corrected chi connectivity index (χ3v) is 3.38. The zero-order valence-corrected chi connectivity index (χ0v) is 12.0. The van der Waals surface area contributed by atoms with Crippen LogP contribution < -0.4 is 5.32 Å². The van der Waals surface area contributed by atoms with E-state index in [2.05, 4.69) is 22.3 Å². The van der Waals surface area contributed by atoms with Crippen molar-refractivity contribution in [1.82, 2.24) is 14.6 Å². The molecule has 21 heavy (non-hydrogen) atoms. The largest absolute Gasteiger partial charge is 0.350 e. The van der Waals surface area contributed by atoms with E-state index in [1.807, 2.05) is 29.6 Å². The highest BCUT2D eigenvalue weighted by Gasteiger charge is 2.09. The first-order valence-corrected chi connectivity index (χ1v) is 6.95. The van der Waals surface area contributed by atoms with Crippen molar-refractivity contribution in [3.05, 3.63) is 59.5 Å². The molecule has 0 bridgehead atoms. The van der Waals surface area contributed by atoms with Crippen molar-refractivity contribution in [3.8, 4) is 0 Å². The molecule has 1 atom stereocenters. The van der Waals surface area contributed by atoms with E-state index < -0.39 is 0 Å². The minimum atomic E-state index is -0.211. The third-order valence-electron chi connectivity index (χ3n) is 3.38. The maximum Gasteiger partial charge on any atom is 0.243 e. The van der Waals surface area contributed by atoms with E-state index >= 15 is 0 Å². The maximum atomic E-state index is 12.9. The predicted molar refractivity (Wildman–Crippen MR) is 80.9 cm³/mol. The van der Waals surface area contributed by atoms with Crippen LogP contribution in [0.15, 0.2) is 42.5 Å². The van der Waals surface area contributed by atoms with Crippen LogP contribution in [-0.4, -0.2) is 20.6 Å². The van der Waals surface area contributed by atoms with Gasteiger partial charge in [-0.15, -0.1) is 5.10 Å². The fraction of sp³-hybridized carbons (Fsp3) is 0.250. The fourth-order valence-corrected chi connectivity index (χ4v) is 2.34. The lowest BCUT2D eigenvalue weighted by Crippen LogP contribution is -2.19. The highest BCUT2D eigenvalue weighted by molar-refractivity contribution is 5.44. The van der Waals surface area contributed by atoms with E-state index in [-0.39, 0.29) is 11.9 Å². The monoisotopic (exact) mass is 284 g/mol. The van der Waals surface area contributed by atoms with Crippen LogP contribution in [0.2, 0.25) is 0 Å². The molecule has 2 heterocycles. The number of hydrogen-bond acceptors (Lipinski definition) is 3. The van der Waals surface area contributed by atoms with Crippen LogP contribution in [0, 0.1) is 12.7 Å². The van der Waals surface area contributed by atoms with Gasteiger partial charge in [-0.25, -0.2) is 8.91 Å². The molecule has 4 nitrogen and oxygen atoms in total. The Bertz CT molecular complexity index is 749. The summed E-state index contributed by atoms with van der Waals surface area (Å²) in [5.41, 5.74) is 2.95. The summed E-state index contributed by atoms with van der Waals surface area (Å²) in [5.74, 6) is 0.399. The van der Waals surface area contributed by atoms with Crippen LogP contribution in [-0.2, 0) is 6.42 Å².